The first-order valence-corrected chi connectivity index (χ1v) is 6.41. The number of aliphatic hydroxyl groups excluding tert-OH is 1. The first-order valence-electron chi connectivity index (χ1n) is 6.41. The summed E-state index contributed by atoms with van der Waals surface area (Å²) in [6, 6.07) is 0.827. The Morgan fingerprint density at radius 2 is 2.25 bits per heavy atom. The Morgan fingerprint density at radius 1 is 1.50 bits per heavy atom. The smallest absolute Gasteiger partial charge is 0.393 e. The molecule has 0 aromatic carbocycles. The maximum Gasteiger partial charge on any atom is 0.435 e. The molecule has 0 saturated heterocycles. The van der Waals surface area contributed by atoms with Crippen LogP contribution in [0.15, 0.2) is 12.3 Å². The normalized spacial score (nSPS) is 23.0. The lowest BCUT2D eigenvalue weighted by Crippen LogP contribution is -2.34. The van der Waals surface area contributed by atoms with Gasteiger partial charge in [0.15, 0.2) is 5.69 Å². The number of hydrogen-bond acceptors (Lipinski definition) is 3. The van der Waals surface area contributed by atoms with Crippen LogP contribution in [0.3, 0.4) is 0 Å². The molecule has 2 atom stereocenters. The lowest BCUT2D eigenvalue weighted by Gasteiger charge is -2.15. The molecule has 8 heteroatoms. The number of carbonyl (C=O) groups is 1. The number of aliphatic hydroxyl groups is 1. The number of amides is 1. The van der Waals surface area contributed by atoms with Crippen LogP contribution in [0.25, 0.3) is 0 Å². The summed E-state index contributed by atoms with van der Waals surface area (Å²) in [5, 5.41) is 15.5. The minimum absolute atomic E-state index is 0.0299. The van der Waals surface area contributed by atoms with Crippen molar-refractivity contribution in [2.75, 3.05) is 6.54 Å². The summed E-state index contributed by atoms with van der Waals surface area (Å²) >= 11 is 0. The van der Waals surface area contributed by atoms with Crippen molar-refractivity contribution < 1.29 is 23.1 Å². The number of aromatic nitrogens is 2. The van der Waals surface area contributed by atoms with E-state index in [1.165, 1.54) is 0 Å². The summed E-state index contributed by atoms with van der Waals surface area (Å²) in [5.74, 6) is -0.386. The van der Waals surface area contributed by atoms with Gasteiger partial charge in [0.25, 0.3) is 0 Å². The van der Waals surface area contributed by atoms with Gasteiger partial charge in [0.2, 0.25) is 5.91 Å². The Hall–Kier alpha value is -1.57. The Kier molecular flexibility index (Phi) is 4.32. The predicted molar refractivity (Wildman–Crippen MR) is 63.6 cm³/mol. The van der Waals surface area contributed by atoms with Gasteiger partial charge in [-0.15, -0.1) is 0 Å². The number of nitrogens with zero attached hydrogens (tertiary/aromatic N) is 2. The van der Waals surface area contributed by atoms with Gasteiger partial charge in [0.1, 0.15) is 6.54 Å². The molecule has 0 aliphatic heterocycles. The van der Waals surface area contributed by atoms with Gasteiger partial charge in [-0.3, -0.25) is 9.48 Å². The van der Waals surface area contributed by atoms with Crippen LogP contribution in [0.5, 0.6) is 0 Å². The second kappa shape index (κ2) is 5.82. The van der Waals surface area contributed by atoms with Gasteiger partial charge < -0.3 is 10.4 Å². The molecule has 0 spiro atoms. The van der Waals surface area contributed by atoms with E-state index >= 15 is 0 Å². The van der Waals surface area contributed by atoms with Gasteiger partial charge >= 0.3 is 6.18 Å². The third-order valence-electron chi connectivity index (χ3n) is 3.42. The number of carbonyl (C=O) groups excluding carboxylic acids is 1. The van der Waals surface area contributed by atoms with E-state index in [9.17, 15) is 23.1 Å². The summed E-state index contributed by atoms with van der Waals surface area (Å²) in [4.78, 5) is 11.6. The second-order valence-electron chi connectivity index (χ2n) is 4.96. The first-order chi connectivity index (χ1) is 9.36. The van der Waals surface area contributed by atoms with E-state index in [0.717, 1.165) is 36.2 Å². The molecular weight excluding hydrogens is 275 g/mol. The summed E-state index contributed by atoms with van der Waals surface area (Å²) in [6.07, 6.45) is -1.29. The van der Waals surface area contributed by atoms with Crippen LogP contribution < -0.4 is 5.32 Å². The molecule has 0 bridgehead atoms. The topological polar surface area (TPSA) is 67.2 Å². The van der Waals surface area contributed by atoms with Crippen molar-refractivity contribution in [2.24, 2.45) is 5.92 Å². The van der Waals surface area contributed by atoms with E-state index < -0.39 is 23.9 Å². The molecular formula is C12H16F3N3O2. The first kappa shape index (κ1) is 14.8. The van der Waals surface area contributed by atoms with Crippen molar-refractivity contribution in [2.45, 2.75) is 38.1 Å². The average molecular weight is 291 g/mol. The molecule has 112 valence electrons. The highest BCUT2D eigenvalue weighted by atomic mass is 19.4. The molecule has 1 aromatic heterocycles. The summed E-state index contributed by atoms with van der Waals surface area (Å²) < 4.78 is 37.9. The molecule has 1 heterocycles. The molecule has 1 aliphatic rings. The molecule has 2 N–H and O–H groups in total. The minimum atomic E-state index is -4.50. The van der Waals surface area contributed by atoms with Crippen LogP contribution in [0.2, 0.25) is 0 Å². The number of halogens is 3. The number of alkyl halides is 3. The van der Waals surface area contributed by atoms with Crippen LogP contribution in [0.4, 0.5) is 13.2 Å². The maximum atomic E-state index is 12.3. The van der Waals surface area contributed by atoms with Crippen molar-refractivity contribution in [1.29, 1.82) is 0 Å². The third kappa shape index (κ3) is 3.72. The Labute approximate surface area is 113 Å². The largest absolute Gasteiger partial charge is 0.435 e. The fourth-order valence-corrected chi connectivity index (χ4v) is 2.30. The molecule has 1 saturated carbocycles. The number of hydrogen-bond donors (Lipinski definition) is 2. The van der Waals surface area contributed by atoms with Gasteiger partial charge in [-0.25, -0.2) is 0 Å². The Balaban J connectivity index is 1.81. The van der Waals surface area contributed by atoms with E-state index in [1.54, 1.807) is 0 Å². The molecule has 1 aliphatic carbocycles. The van der Waals surface area contributed by atoms with Crippen LogP contribution in [-0.2, 0) is 17.5 Å². The highest BCUT2D eigenvalue weighted by Crippen LogP contribution is 2.27. The molecule has 2 unspecified atom stereocenters. The average Bonchev–Trinajstić information content (AvgIpc) is 2.95. The zero-order valence-electron chi connectivity index (χ0n) is 10.7. The quantitative estimate of drug-likeness (QED) is 0.875. The fourth-order valence-electron chi connectivity index (χ4n) is 2.30. The van der Waals surface area contributed by atoms with Gasteiger partial charge in [-0.2, -0.15) is 18.3 Å². The van der Waals surface area contributed by atoms with Gasteiger partial charge in [0.05, 0.1) is 6.10 Å². The van der Waals surface area contributed by atoms with E-state index in [2.05, 4.69) is 10.4 Å². The number of nitrogens with one attached hydrogen (secondary N) is 1. The van der Waals surface area contributed by atoms with Gasteiger partial charge in [0, 0.05) is 18.7 Å². The van der Waals surface area contributed by atoms with Crippen molar-refractivity contribution in [3.63, 3.8) is 0 Å². The van der Waals surface area contributed by atoms with Crippen molar-refractivity contribution in [3.8, 4) is 0 Å². The molecule has 0 radical (unpaired) electrons. The highest BCUT2D eigenvalue weighted by molar-refractivity contribution is 5.75. The van der Waals surface area contributed by atoms with Gasteiger partial charge in [-0.1, -0.05) is 6.42 Å². The minimum Gasteiger partial charge on any atom is -0.393 e. The van der Waals surface area contributed by atoms with E-state index in [4.69, 9.17) is 0 Å². The molecule has 5 nitrogen and oxygen atoms in total. The lowest BCUT2D eigenvalue weighted by atomic mass is 10.1. The molecule has 1 fully saturated rings. The monoisotopic (exact) mass is 291 g/mol. The zero-order valence-corrected chi connectivity index (χ0v) is 10.7. The van der Waals surface area contributed by atoms with Crippen molar-refractivity contribution in [1.82, 2.24) is 15.1 Å². The molecule has 2 rings (SSSR count). The fraction of sp³-hybridized carbons (Fsp3) is 0.667. The number of rotatable bonds is 4. The van der Waals surface area contributed by atoms with E-state index in [-0.39, 0.29) is 12.5 Å². The van der Waals surface area contributed by atoms with Crippen molar-refractivity contribution in [3.05, 3.63) is 18.0 Å². The Bertz CT molecular complexity index is 473. The van der Waals surface area contributed by atoms with Crippen LogP contribution in [-0.4, -0.2) is 33.4 Å². The zero-order chi connectivity index (χ0) is 14.8. The third-order valence-corrected chi connectivity index (χ3v) is 3.42. The van der Waals surface area contributed by atoms with Gasteiger partial charge in [-0.05, 0) is 18.9 Å². The van der Waals surface area contributed by atoms with Crippen LogP contribution in [0.1, 0.15) is 25.0 Å². The summed E-state index contributed by atoms with van der Waals surface area (Å²) in [7, 11) is 0. The Morgan fingerprint density at radius 3 is 2.80 bits per heavy atom. The second-order valence-corrected chi connectivity index (χ2v) is 4.96. The van der Waals surface area contributed by atoms with Crippen LogP contribution in [0, 0.1) is 5.92 Å². The maximum absolute atomic E-state index is 12.3. The lowest BCUT2D eigenvalue weighted by molar-refractivity contribution is -0.141. The SMILES string of the molecule is O=C(Cn1ccc(C(F)(F)F)n1)NCC1CCCC1O. The standard InChI is InChI=1S/C12H16F3N3O2/c13-12(14,15)10-4-5-18(17-10)7-11(20)16-6-8-2-1-3-9(8)19/h4-5,8-9,19H,1-3,6-7H2,(H,16,20). The van der Waals surface area contributed by atoms with Crippen LogP contribution >= 0.6 is 0 Å². The molecule has 20 heavy (non-hydrogen) atoms. The summed E-state index contributed by atoms with van der Waals surface area (Å²) in [5.41, 5.74) is -1.02. The molecule has 1 amide bonds. The highest BCUT2D eigenvalue weighted by Gasteiger charge is 2.33. The predicted octanol–water partition coefficient (Wildman–Crippen LogP) is 1.18. The van der Waals surface area contributed by atoms with Crippen molar-refractivity contribution >= 4 is 5.91 Å². The van der Waals surface area contributed by atoms with E-state index in [1.807, 2.05) is 0 Å². The van der Waals surface area contributed by atoms with E-state index in [0.29, 0.717) is 6.54 Å². The summed E-state index contributed by atoms with van der Waals surface area (Å²) in [6.45, 7) is 0.0757. The molecule has 1 aromatic rings.